The van der Waals surface area contributed by atoms with E-state index in [-0.39, 0.29) is 12.2 Å². The number of hydrogen-bond donors (Lipinski definition) is 1. The van der Waals surface area contributed by atoms with Gasteiger partial charge in [-0.05, 0) is 31.2 Å². The van der Waals surface area contributed by atoms with Crippen molar-refractivity contribution in [2.75, 3.05) is 18.9 Å². The zero-order valence-corrected chi connectivity index (χ0v) is 15.9. The Morgan fingerprint density at radius 1 is 1.37 bits per heavy atom. The quantitative estimate of drug-likeness (QED) is 0.740. The molecule has 27 heavy (non-hydrogen) atoms. The summed E-state index contributed by atoms with van der Waals surface area (Å²) >= 11 is 6.97. The van der Waals surface area contributed by atoms with E-state index in [2.05, 4.69) is 10.3 Å². The van der Waals surface area contributed by atoms with E-state index in [1.807, 2.05) is 6.92 Å². The predicted octanol–water partition coefficient (Wildman–Crippen LogP) is 4.23. The molecule has 0 saturated carbocycles. The summed E-state index contributed by atoms with van der Waals surface area (Å²) in [7, 11) is 1.40. The molecule has 0 aliphatic heterocycles. The highest BCUT2D eigenvalue weighted by molar-refractivity contribution is 7.09. The number of anilines is 1. The standard InChI is InChI=1S/C17H15ClF3N3O2S/c1-10-22-12(9-27-10)4-6-16(26)24(2)8-15(25)23-11-3-5-14(18)13(7-11)17(19,20)21/h3-7,9H,8H2,1-2H3,(H,23,25)/b6-4+. The summed E-state index contributed by atoms with van der Waals surface area (Å²) in [6.45, 7) is 1.50. The fraction of sp³-hybridized carbons (Fsp3) is 0.235. The van der Waals surface area contributed by atoms with E-state index in [9.17, 15) is 22.8 Å². The number of thiazole rings is 1. The monoisotopic (exact) mass is 417 g/mol. The molecule has 5 nitrogen and oxygen atoms in total. The molecule has 1 heterocycles. The number of aryl methyl sites for hydroxylation is 1. The lowest BCUT2D eigenvalue weighted by molar-refractivity contribution is -0.137. The maximum Gasteiger partial charge on any atom is 0.417 e. The number of alkyl halides is 3. The van der Waals surface area contributed by atoms with Gasteiger partial charge in [-0.25, -0.2) is 4.98 Å². The number of halogens is 4. The van der Waals surface area contributed by atoms with Gasteiger partial charge in [-0.2, -0.15) is 13.2 Å². The third-order valence-electron chi connectivity index (χ3n) is 3.35. The number of likely N-dealkylation sites (N-methyl/N-ethyl adjacent to an activating group) is 1. The van der Waals surface area contributed by atoms with Gasteiger partial charge in [0.05, 0.1) is 27.8 Å². The van der Waals surface area contributed by atoms with Crippen molar-refractivity contribution < 1.29 is 22.8 Å². The average molecular weight is 418 g/mol. The molecular weight excluding hydrogens is 403 g/mol. The van der Waals surface area contributed by atoms with Gasteiger partial charge in [0.1, 0.15) is 0 Å². The highest BCUT2D eigenvalue weighted by Gasteiger charge is 2.33. The van der Waals surface area contributed by atoms with Gasteiger partial charge in [0.15, 0.2) is 0 Å². The molecule has 0 aliphatic rings. The number of carbonyl (C=O) groups is 2. The van der Waals surface area contributed by atoms with Crippen molar-refractivity contribution in [3.63, 3.8) is 0 Å². The zero-order valence-electron chi connectivity index (χ0n) is 14.3. The third-order valence-corrected chi connectivity index (χ3v) is 4.47. The summed E-state index contributed by atoms with van der Waals surface area (Å²) < 4.78 is 38.5. The smallest absolute Gasteiger partial charge is 0.333 e. The summed E-state index contributed by atoms with van der Waals surface area (Å²) in [6, 6.07) is 3.04. The number of rotatable bonds is 5. The van der Waals surface area contributed by atoms with Crippen LogP contribution in [0.15, 0.2) is 29.7 Å². The van der Waals surface area contributed by atoms with Gasteiger partial charge < -0.3 is 10.2 Å². The molecule has 0 unspecified atom stereocenters. The first-order valence-electron chi connectivity index (χ1n) is 7.58. The molecule has 144 valence electrons. The van der Waals surface area contributed by atoms with E-state index < -0.39 is 28.6 Å². The first-order chi connectivity index (χ1) is 12.6. The average Bonchev–Trinajstić information content (AvgIpc) is 2.98. The minimum absolute atomic E-state index is 0.0638. The van der Waals surface area contributed by atoms with Crippen LogP contribution in [0, 0.1) is 6.92 Å². The summed E-state index contributed by atoms with van der Waals surface area (Å²) in [4.78, 5) is 29.3. The maximum atomic E-state index is 12.8. The van der Waals surface area contributed by atoms with E-state index in [0.29, 0.717) is 5.69 Å². The van der Waals surface area contributed by atoms with Crippen LogP contribution >= 0.6 is 22.9 Å². The Hall–Kier alpha value is -2.39. The summed E-state index contributed by atoms with van der Waals surface area (Å²) in [5, 5.41) is 4.50. The molecule has 2 rings (SSSR count). The van der Waals surface area contributed by atoms with Gasteiger partial charge in [-0.1, -0.05) is 11.6 Å². The van der Waals surface area contributed by atoms with Crippen molar-refractivity contribution in [2.45, 2.75) is 13.1 Å². The van der Waals surface area contributed by atoms with Crippen molar-refractivity contribution in [1.29, 1.82) is 0 Å². The Balaban J connectivity index is 1.96. The third kappa shape index (κ3) is 6.07. The van der Waals surface area contributed by atoms with E-state index >= 15 is 0 Å². The van der Waals surface area contributed by atoms with Crippen molar-refractivity contribution in [3.05, 3.63) is 50.9 Å². The largest absolute Gasteiger partial charge is 0.417 e. The van der Waals surface area contributed by atoms with E-state index in [0.717, 1.165) is 22.0 Å². The van der Waals surface area contributed by atoms with Crippen LogP contribution in [-0.4, -0.2) is 35.3 Å². The number of carbonyl (C=O) groups excluding carboxylic acids is 2. The lowest BCUT2D eigenvalue weighted by Crippen LogP contribution is -2.33. The minimum Gasteiger partial charge on any atom is -0.333 e. The number of aromatic nitrogens is 1. The van der Waals surface area contributed by atoms with Gasteiger partial charge in [0, 0.05) is 24.2 Å². The number of benzene rings is 1. The normalized spacial score (nSPS) is 11.6. The first kappa shape index (κ1) is 20.9. The molecule has 2 aromatic rings. The second kappa shape index (κ2) is 8.53. The van der Waals surface area contributed by atoms with Crippen LogP contribution in [0.4, 0.5) is 18.9 Å². The molecule has 0 aliphatic carbocycles. The van der Waals surface area contributed by atoms with Gasteiger partial charge in [0.2, 0.25) is 11.8 Å². The van der Waals surface area contributed by atoms with Gasteiger partial charge in [0.25, 0.3) is 0 Å². The minimum atomic E-state index is -4.64. The second-order valence-corrected chi connectivity index (χ2v) is 7.03. The molecular formula is C17H15ClF3N3O2S. The molecule has 0 fully saturated rings. The Labute approximate surface area is 162 Å². The van der Waals surface area contributed by atoms with Crippen LogP contribution in [-0.2, 0) is 15.8 Å². The molecule has 2 amide bonds. The Morgan fingerprint density at radius 2 is 2.07 bits per heavy atom. The second-order valence-electron chi connectivity index (χ2n) is 5.56. The van der Waals surface area contributed by atoms with E-state index in [1.165, 1.54) is 36.6 Å². The Bertz CT molecular complexity index is 881. The van der Waals surface area contributed by atoms with Crippen molar-refractivity contribution in [2.24, 2.45) is 0 Å². The lowest BCUT2D eigenvalue weighted by Gasteiger charge is -2.16. The summed E-state index contributed by atoms with van der Waals surface area (Å²) in [5.74, 6) is -1.08. The van der Waals surface area contributed by atoms with Crippen molar-refractivity contribution in [1.82, 2.24) is 9.88 Å². The van der Waals surface area contributed by atoms with Crippen LogP contribution < -0.4 is 5.32 Å². The van der Waals surface area contributed by atoms with Crippen LogP contribution in [0.1, 0.15) is 16.3 Å². The van der Waals surface area contributed by atoms with Crippen LogP contribution in [0.5, 0.6) is 0 Å². The highest BCUT2D eigenvalue weighted by Crippen LogP contribution is 2.36. The number of nitrogens with zero attached hydrogens (tertiary/aromatic N) is 2. The Kier molecular flexibility index (Phi) is 6.61. The van der Waals surface area contributed by atoms with Gasteiger partial charge in [-0.3, -0.25) is 9.59 Å². The van der Waals surface area contributed by atoms with Crippen LogP contribution in [0.2, 0.25) is 5.02 Å². The molecule has 0 radical (unpaired) electrons. The number of nitrogens with one attached hydrogen (secondary N) is 1. The first-order valence-corrected chi connectivity index (χ1v) is 8.84. The topological polar surface area (TPSA) is 62.3 Å². The fourth-order valence-electron chi connectivity index (χ4n) is 2.05. The SMILES string of the molecule is Cc1nc(/C=C/C(=O)N(C)CC(=O)Nc2ccc(Cl)c(C(F)(F)F)c2)cs1. The van der Waals surface area contributed by atoms with E-state index in [1.54, 1.807) is 5.38 Å². The van der Waals surface area contributed by atoms with Crippen LogP contribution in [0.3, 0.4) is 0 Å². The summed E-state index contributed by atoms with van der Waals surface area (Å²) in [6.07, 6.45) is -1.84. The van der Waals surface area contributed by atoms with Crippen LogP contribution in [0.25, 0.3) is 6.08 Å². The maximum absolute atomic E-state index is 12.8. The molecule has 0 atom stereocenters. The predicted molar refractivity (Wildman–Crippen MR) is 98.6 cm³/mol. The molecule has 0 saturated heterocycles. The molecule has 1 aromatic heterocycles. The highest BCUT2D eigenvalue weighted by atomic mass is 35.5. The number of hydrogen-bond acceptors (Lipinski definition) is 4. The molecule has 10 heteroatoms. The molecule has 0 spiro atoms. The zero-order chi connectivity index (χ0) is 20.2. The lowest BCUT2D eigenvalue weighted by atomic mass is 10.2. The molecule has 1 aromatic carbocycles. The molecule has 1 N–H and O–H groups in total. The fourth-order valence-corrected chi connectivity index (χ4v) is 2.86. The van der Waals surface area contributed by atoms with Gasteiger partial charge in [-0.15, -0.1) is 11.3 Å². The van der Waals surface area contributed by atoms with Crippen molar-refractivity contribution >= 4 is 46.5 Å². The van der Waals surface area contributed by atoms with E-state index in [4.69, 9.17) is 11.6 Å². The number of amides is 2. The summed E-state index contributed by atoms with van der Waals surface area (Å²) in [5.41, 5.74) is -0.483. The molecule has 0 bridgehead atoms. The Morgan fingerprint density at radius 3 is 2.67 bits per heavy atom. The van der Waals surface area contributed by atoms with Crippen molar-refractivity contribution in [3.8, 4) is 0 Å². The van der Waals surface area contributed by atoms with Gasteiger partial charge >= 0.3 is 6.18 Å².